The number of anilines is 2. The van der Waals surface area contributed by atoms with Crippen LogP contribution < -0.4 is 16.8 Å². The van der Waals surface area contributed by atoms with Crippen molar-refractivity contribution < 1.29 is 4.79 Å². The molecule has 9 heteroatoms. The summed E-state index contributed by atoms with van der Waals surface area (Å²) in [5.74, 6) is -0.0317. The average Bonchev–Trinajstić information content (AvgIpc) is 2.88. The van der Waals surface area contributed by atoms with Gasteiger partial charge in [0.15, 0.2) is 0 Å². The maximum absolute atomic E-state index is 11.4. The van der Waals surface area contributed by atoms with E-state index in [1.54, 1.807) is 18.5 Å². The summed E-state index contributed by atoms with van der Waals surface area (Å²) < 4.78 is 1.44. The van der Waals surface area contributed by atoms with E-state index in [-0.39, 0.29) is 23.8 Å². The number of carbonyl (C=O) groups is 1. The molecule has 2 rings (SSSR count). The Kier molecular flexibility index (Phi) is 3.78. The number of rotatable bonds is 5. The fraction of sp³-hybridized carbons (Fsp3) is 0.364. The molecule has 0 bridgehead atoms. The molecule has 20 heavy (non-hydrogen) atoms. The molecule has 0 aliphatic heterocycles. The van der Waals surface area contributed by atoms with Crippen LogP contribution in [0.2, 0.25) is 0 Å². The van der Waals surface area contributed by atoms with Crippen LogP contribution in [0.25, 0.3) is 5.95 Å². The Hall–Kier alpha value is -2.71. The Labute approximate surface area is 115 Å². The van der Waals surface area contributed by atoms with Gasteiger partial charge in [0.1, 0.15) is 6.04 Å². The van der Waals surface area contributed by atoms with E-state index in [0.717, 1.165) is 0 Å². The zero-order chi connectivity index (χ0) is 14.7. The van der Waals surface area contributed by atoms with Crippen molar-refractivity contribution in [3.05, 3.63) is 18.5 Å². The van der Waals surface area contributed by atoms with Crippen LogP contribution >= 0.6 is 0 Å². The minimum absolute atomic E-state index is 0.0151. The van der Waals surface area contributed by atoms with Gasteiger partial charge in [-0.3, -0.25) is 4.79 Å². The molecule has 0 aliphatic rings. The zero-order valence-electron chi connectivity index (χ0n) is 11.2. The van der Waals surface area contributed by atoms with Crippen molar-refractivity contribution in [2.24, 2.45) is 11.7 Å². The highest BCUT2D eigenvalue weighted by Crippen LogP contribution is 2.11. The van der Waals surface area contributed by atoms with Crippen molar-refractivity contribution in [2.75, 3.05) is 11.1 Å². The van der Waals surface area contributed by atoms with E-state index in [2.05, 4.69) is 25.4 Å². The second kappa shape index (κ2) is 5.51. The highest BCUT2D eigenvalue weighted by molar-refractivity contribution is 5.82. The summed E-state index contributed by atoms with van der Waals surface area (Å²) in [7, 11) is 0. The fourth-order valence-corrected chi connectivity index (χ4v) is 1.64. The lowest BCUT2D eigenvalue weighted by Gasteiger charge is -2.18. The Morgan fingerprint density at radius 3 is 2.65 bits per heavy atom. The average molecular weight is 276 g/mol. The zero-order valence-corrected chi connectivity index (χ0v) is 11.2. The summed E-state index contributed by atoms with van der Waals surface area (Å²) in [5.41, 5.74) is 11.0. The van der Waals surface area contributed by atoms with E-state index in [1.165, 1.54) is 4.68 Å². The van der Waals surface area contributed by atoms with Gasteiger partial charge in [-0.05, 0) is 12.0 Å². The molecule has 0 radical (unpaired) electrons. The van der Waals surface area contributed by atoms with Crippen LogP contribution in [-0.4, -0.2) is 36.7 Å². The Balaban J connectivity index is 2.31. The maximum atomic E-state index is 11.4. The number of hydrogen-bond donors (Lipinski definition) is 3. The number of aromatic nitrogens is 5. The van der Waals surface area contributed by atoms with Gasteiger partial charge in [0, 0.05) is 12.4 Å². The summed E-state index contributed by atoms with van der Waals surface area (Å²) in [4.78, 5) is 23.5. The second-order valence-corrected chi connectivity index (χ2v) is 4.54. The molecule has 0 fully saturated rings. The van der Waals surface area contributed by atoms with Gasteiger partial charge in [0.25, 0.3) is 5.95 Å². The monoisotopic (exact) mass is 276 g/mol. The van der Waals surface area contributed by atoms with E-state index < -0.39 is 11.9 Å². The largest absolute Gasteiger partial charge is 0.368 e. The Morgan fingerprint density at radius 2 is 2.10 bits per heavy atom. The third kappa shape index (κ3) is 2.99. The number of hydrogen-bond acceptors (Lipinski definition) is 7. The Morgan fingerprint density at radius 1 is 1.35 bits per heavy atom. The van der Waals surface area contributed by atoms with Crippen LogP contribution in [0.1, 0.15) is 13.8 Å². The third-order valence-electron chi connectivity index (χ3n) is 2.61. The van der Waals surface area contributed by atoms with Gasteiger partial charge in [0.2, 0.25) is 17.8 Å². The molecule has 1 atom stereocenters. The number of amides is 1. The van der Waals surface area contributed by atoms with Gasteiger partial charge in [-0.1, -0.05) is 13.8 Å². The van der Waals surface area contributed by atoms with Crippen molar-refractivity contribution in [1.29, 1.82) is 0 Å². The van der Waals surface area contributed by atoms with Crippen LogP contribution in [0.15, 0.2) is 18.5 Å². The first-order chi connectivity index (χ1) is 9.47. The molecule has 0 saturated heterocycles. The van der Waals surface area contributed by atoms with Crippen molar-refractivity contribution >= 4 is 17.8 Å². The van der Waals surface area contributed by atoms with Crippen LogP contribution in [-0.2, 0) is 4.79 Å². The molecular weight excluding hydrogens is 260 g/mol. The maximum Gasteiger partial charge on any atom is 0.257 e. The molecule has 0 spiro atoms. The van der Waals surface area contributed by atoms with Crippen molar-refractivity contribution in [3.63, 3.8) is 0 Å². The van der Waals surface area contributed by atoms with Crippen LogP contribution in [0, 0.1) is 5.92 Å². The molecule has 1 amide bonds. The third-order valence-corrected chi connectivity index (χ3v) is 2.61. The molecule has 2 heterocycles. The molecule has 9 nitrogen and oxygen atoms in total. The molecule has 2 aromatic rings. The van der Waals surface area contributed by atoms with Gasteiger partial charge >= 0.3 is 0 Å². The molecule has 0 saturated carbocycles. The molecule has 106 valence electrons. The smallest absolute Gasteiger partial charge is 0.257 e. The van der Waals surface area contributed by atoms with E-state index in [0.29, 0.717) is 0 Å². The summed E-state index contributed by atoms with van der Waals surface area (Å²) in [6.07, 6.45) is 3.26. The molecule has 1 unspecified atom stereocenters. The number of nitrogens with zero attached hydrogens (tertiary/aromatic N) is 5. The number of nitrogens with one attached hydrogen (secondary N) is 1. The molecule has 0 aromatic carbocycles. The minimum atomic E-state index is -0.595. The summed E-state index contributed by atoms with van der Waals surface area (Å²) >= 11 is 0. The minimum Gasteiger partial charge on any atom is -0.368 e. The first-order valence-corrected chi connectivity index (χ1v) is 6.05. The Bertz CT molecular complexity index is 594. The van der Waals surface area contributed by atoms with Gasteiger partial charge in [-0.15, -0.1) is 0 Å². The highest BCUT2D eigenvalue weighted by atomic mass is 16.1. The summed E-state index contributed by atoms with van der Waals surface area (Å²) in [6, 6.07) is 1.13. The first-order valence-electron chi connectivity index (χ1n) is 6.05. The van der Waals surface area contributed by atoms with Gasteiger partial charge in [-0.25, -0.2) is 4.68 Å². The van der Waals surface area contributed by atoms with Crippen LogP contribution in [0.4, 0.5) is 11.9 Å². The second-order valence-electron chi connectivity index (χ2n) is 4.54. The van der Waals surface area contributed by atoms with Crippen LogP contribution in [0.5, 0.6) is 0 Å². The normalized spacial score (nSPS) is 12.3. The number of carbonyl (C=O) groups excluding carboxylic acids is 1. The SMILES string of the molecule is CC(C)C(Nc1nc(N)nc(-n2cccn2)n1)C(N)=O. The molecule has 5 N–H and O–H groups in total. The lowest BCUT2D eigenvalue weighted by atomic mass is 10.0. The molecular formula is C11H16N8O. The van der Waals surface area contributed by atoms with Gasteiger partial charge in [0.05, 0.1) is 0 Å². The van der Waals surface area contributed by atoms with E-state index in [4.69, 9.17) is 11.5 Å². The van der Waals surface area contributed by atoms with E-state index in [9.17, 15) is 4.79 Å². The summed E-state index contributed by atoms with van der Waals surface area (Å²) in [6.45, 7) is 3.72. The first kappa shape index (κ1) is 13.7. The fourth-order valence-electron chi connectivity index (χ4n) is 1.64. The number of nitrogen functional groups attached to an aromatic ring is 1. The van der Waals surface area contributed by atoms with Gasteiger partial charge < -0.3 is 16.8 Å². The lowest BCUT2D eigenvalue weighted by molar-refractivity contribution is -0.119. The van der Waals surface area contributed by atoms with E-state index in [1.807, 2.05) is 13.8 Å². The van der Waals surface area contributed by atoms with Crippen molar-refractivity contribution in [1.82, 2.24) is 24.7 Å². The molecule has 0 aliphatic carbocycles. The standard InChI is InChI=1S/C11H16N8O/c1-6(2)7(8(12)20)15-10-16-9(13)17-11(18-10)19-5-3-4-14-19/h3-7H,1-2H3,(H2,12,20)(H3,13,15,16,17,18). The van der Waals surface area contributed by atoms with Crippen molar-refractivity contribution in [2.45, 2.75) is 19.9 Å². The quantitative estimate of drug-likeness (QED) is 0.673. The highest BCUT2D eigenvalue weighted by Gasteiger charge is 2.21. The summed E-state index contributed by atoms with van der Waals surface area (Å²) in [5, 5.41) is 6.87. The molecule has 2 aromatic heterocycles. The van der Waals surface area contributed by atoms with E-state index >= 15 is 0 Å². The number of primary amides is 1. The number of nitrogens with two attached hydrogens (primary N) is 2. The lowest BCUT2D eigenvalue weighted by Crippen LogP contribution is -2.40. The predicted molar refractivity (Wildman–Crippen MR) is 72.8 cm³/mol. The van der Waals surface area contributed by atoms with Crippen LogP contribution in [0.3, 0.4) is 0 Å². The predicted octanol–water partition coefficient (Wildman–Crippen LogP) is -0.439. The van der Waals surface area contributed by atoms with Crippen molar-refractivity contribution in [3.8, 4) is 5.95 Å². The topological polar surface area (TPSA) is 138 Å². The van der Waals surface area contributed by atoms with Gasteiger partial charge in [-0.2, -0.15) is 20.1 Å².